The lowest BCUT2D eigenvalue weighted by Crippen LogP contribution is -2.47. The Morgan fingerprint density at radius 1 is 1.05 bits per heavy atom. The van der Waals surface area contributed by atoms with Crippen molar-refractivity contribution >= 4 is 6.09 Å². The summed E-state index contributed by atoms with van der Waals surface area (Å²) < 4.78 is 63.1. The third-order valence-corrected chi connectivity index (χ3v) is 5.74. The van der Waals surface area contributed by atoms with Crippen LogP contribution in [0.4, 0.5) is 18.0 Å². The lowest BCUT2D eigenvalue weighted by atomic mass is 9.97. The average Bonchev–Trinajstić information content (AvgIpc) is 3.53. The Morgan fingerprint density at radius 2 is 1.79 bits per heavy atom. The molecular formula is C26H23F3N4O6. The molecule has 2 aromatic heterocycles. The van der Waals surface area contributed by atoms with Crippen molar-refractivity contribution in [3.63, 3.8) is 0 Å². The minimum Gasteiger partial charge on any atom is -0.491 e. The first-order valence-corrected chi connectivity index (χ1v) is 11.8. The fraction of sp³-hybridized carbons (Fsp3) is 0.308. The van der Waals surface area contributed by atoms with Crippen LogP contribution in [0.2, 0.25) is 0 Å². The van der Waals surface area contributed by atoms with Crippen LogP contribution in [0.15, 0.2) is 57.6 Å². The topological polar surface area (TPSA) is 133 Å². The SMILES string of the molecule is CC(C)(C)OC(=O)NC1COc2cc(-c3noc(-c4onc(-c5ccccc5)c4C(F)(F)F)n3)ccc2[C@@H]1O. The van der Waals surface area contributed by atoms with Gasteiger partial charge in [0.25, 0.3) is 5.89 Å². The minimum atomic E-state index is -4.81. The Balaban J connectivity index is 1.40. The van der Waals surface area contributed by atoms with Gasteiger partial charge in [0, 0.05) is 16.7 Å². The number of aliphatic hydroxyl groups excluding tert-OH is 1. The molecular weight excluding hydrogens is 521 g/mol. The Kier molecular flexibility index (Phi) is 6.54. The van der Waals surface area contributed by atoms with E-state index in [4.69, 9.17) is 18.5 Å². The van der Waals surface area contributed by atoms with Gasteiger partial charge in [-0.3, -0.25) is 0 Å². The van der Waals surface area contributed by atoms with Gasteiger partial charge in [0.05, 0.1) is 6.04 Å². The highest BCUT2D eigenvalue weighted by molar-refractivity contribution is 5.71. The number of hydrogen-bond donors (Lipinski definition) is 2. The van der Waals surface area contributed by atoms with Gasteiger partial charge < -0.3 is 28.9 Å². The van der Waals surface area contributed by atoms with Crippen molar-refractivity contribution in [2.45, 2.75) is 44.7 Å². The third kappa shape index (κ3) is 5.43. The number of carbonyl (C=O) groups excluding carboxylic acids is 1. The maximum atomic E-state index is 14.0. The summed E-state index contributed by atoms with van der Waals surface area (Å²) >= 11 is 0. The van der Waals surface area contributed by atoms with E-state index in [9.17, 15) is 23.1 Å². The van der Waals surface area contributed by atoms with Crippen LogP contribution in [-0.2, 0) is 10.9 Å². The summed E-state index contributed by atoms with van der Waals surface area (Å²) in [6, 6.07) is 11.6. The summed E-state index contributed by atoms with van der Waals surface area (Å²) in [7, 11) is 0. The molecule has 204 valence electrons. The molecule has 0 spiro atoms. The molecule has 0 saturated carbocycles. The van der Waals surface area contributed by atoms with Crippen molar-refractivity contribution in [2.75, 3.05) is 6.61 Å². The molecule has 0 aliphatic carbocycles. The molecule has 2 N–H and O–H groups in total. The van der Waals surface area contributed by atoms with Gasteiger partial charge in [-0.05, 0) is 26.8 Å². The molecule has 39 heavy (non-hydrogen) atoms. The van der Waals surface area contributed by atoms with Gasteiger partial charge in [-0.1, -0.05) is 52.8 Å². The highest BCUT2D eigenvalue weighted by Crippen LogP contribution is 2.43. The average molecular weight is 544 g/mol. The van der Waals surface area contributed by atoms with E-state index in [2.05, 4.69) is 20.6 Å². The molecule has 13 heteroatoms. The van der Waals surface area contributed by atoms with E-state index in [1.807, 2.05) is 0 Å². The van der Waals surface area contributed by atoms with E-state index in [1.54, 1.807) is 39.0 Å². The zero-order valence-electron chi connectivity index (χ0n) is 20.9. The number of alkyl carbamates (subject to hydrolysis) is 1. The fourth-order valence-corrected chi connectivity index (χ4v) is 4.03. The van der Waals surface area contributed by atoms with Crippen LogP contribution in [0.25, 0.3) is 34.3 Å². The minimum absolute atomic E-state index is 0.0364. The van der Waals surface area contributed by atoms with Gasteiger partial charge in [-0.25, -0.2) is 4.79 Å². The van der Waals surface area contributed by atoms with Crippen molar-refractivity contribution < 1.29 is 41.6 Å². The second kappa shape index (κ2) is 9.73. The van der Waals surface area contributed by atoms with Crippen LogP contribution in [-0.4, -0.2) is 44.7 Å². The molecule has 2 atom stereocenters. The quantitative estimate of drug-likeness (QED) is 0.347. The van der Waals surface area contributed by atoms with Crippen LogP contribution < -0.4 is 10.1 Å². The zero-order valence-corrected chi connectivity index (χ0v) is 20.9. The number of halogens is 3. The van der Waals surface area contributed by atoms with Crippen molar-refractivity contribution in [1.82, 2.24) is 20.6 Å². The van der Waals surface area contributed by atoms with Gasteiger partial charge in [-0.2, -0.15) is 18.2 Å². The molecule has 10 nitrogen and oxygen atoms in total. The molecule has 1 aliphatic heterocycles. The Morgan fingerprint density at radius 3 is 2.49 bits per heavy atom. The van der Waals surface area contributed by atoms with E-state index in [-0.39, 0.29) is 23.7 Å². The first-order valence-electron chi connectivity index (χ1n) is 11.8. The Labute approximate surface area is 219 Å². The summed E-state index contributed by atoms with van der Waals surface area (Å²) in [6.07, 6.45) is -6.61. The highest BCUT2D eigenvalue weighted by atomic mass is 19.4. The number of fused-ring (bicyclic) bond motifs is 1. The Bertz CT molecular complexity index is 1490. The monoisotopic (exact) mass is 544 g/mol. The number of aromatic nitrogens is 3. The van der Waals surface area contributed by atoms with E-state index in [0.29, 0.717) is 11.1 Å². The smallest absolute Gasteiger partial charge is 0.422 e. The molecule has 1 amide bonds. The molecule has 4 aromatic rings. The van der Waals surface area contributed by atoms with E-state index < -0.39 is 52.9 Å². The number of amides is 1. The lowest BCUT2D eigenvalue weighted by Gasteiger charge is -2.31. The number of benzene rings is 2. The van der Waals surface area contributed by atoms with Crippen molar-refractivity contribution in [2.24, 2.45) is 0 Å². The van der Waals surface area contributed by atoms with Gasteiger partial charge >= 0.3 is 12.3 Å². The van der Waals surface area contributed by atoms with Crippen molar-refractivity contribution in [3.8, 4) is 40.0 Å². The largest absolute Gasteiger partial charge is 0.491 e. The maximum Gasteiger partial charge on any atom is 0.422 e. The molecule has 3 heterocycles. The molecule has 1 aliphatic rings. The molecule has 1 unspecified atom stereocenters. The summed E-state index contributed by atoms with van der Waals surface area (Å²) in [5, 5.41) is 20.7. The molecule has 0 fully saturated rings. The van der Waals surface area contributed by atoms with Gasteiger partial charge in [-0.15, -0.1) is 0 Å². The predicted molar refractivity (Wildman–Crippen MR) is 129 cm³/mol. The summed E-state index contributed by atoms with van der Waals surface area (Å²) in [6.45, 7) is 5.10. The van der Waals surface area contributed by atoms with Crippen LogP contribution >= 0.6 is 0 Å². The second-order valence-electron chi connectivity index (χ2n) is 9.78. The normalized spacial score (nSPS) is 17.3. The molecule has 2 aromatic carbocycles. The summed E-state index contributed by atoms with van der Waals surface area (Å²) in [5.41, 5.74) is -1.30. The number of alkyl halides is 3. The van der Waals surface area contributed by atoms with Crippen molar-refractivity contribution in [3.05, 3.63) is 59.7 Å². The first kappa shape index (κ1) is 26.2. The third-order valence-electron chi connectivity index (χ3n) is 5.74. The number of ether oxygens (including phenoxy) is 2. The van der Waals surface area contributed by atoms with E-state index in [1.165, 1.54) is 30.3 Å². The van der Waals surface area contributed by atoms with Crippen LogP contribution in [0.1, 0.15) is 38.0 Å². The number of carbonyl (C=O) groups is 1. The summed E-state index contributed by atoms with van der Waals surface area (Å²) in [5.74, 6) is -0.964. The van der Waals surface area contributed by atoms with Crippen LogP contribution in [0.3, 0.4) is 0 Å². The number of nitrogens with one attached hydrogen (secondary N) is 1. The molecule has 5 rings (SSSR count). The Hall–Kier alpha value is -4.39. The second-order valence-corrected chi connectivity index (χ2v) is 9.78. The lowest BCUT2D eigenvalue weighted by molar-refractivity contribution is -0.137. The molecule has 0 bridgehead atoms. The zero-order chi connectivity index (χ0) is 27.9. The molecule has 0 radical (unpaired) electrons. The number of nitrogens with zero attached hydrogens (tertiary/aromatic N) is 3. The van der Waals surface area contributed by atoms with Gasteiger partial charge in [0.15, 0.2) is 0 Å². The van der Waals surface area contributed by atoms with Gasteiger partial charge in [0.2, 0.25) is 11.6 Å². The maximum absolute atomic E-state index is 14.0. The number of aliphatic hydroxyl groups is 1. The van der Waals surface area contributed by atoms with Crippen LogP contribution in [0, 0.1) is 0 Å². The number of hydrogen-bond acceptors (Lipinski definition) is 9. The van der Waals surface area contributed by atoms with Crippen molar-refractivity contribution in [1.29, 1.82) is 0 Å². The first-order chi connectivity index (χ1) is 18.4. The predicted octanol–water partition coefficient (Wildman–Crippen LogP) is 5.40. The fourth-order valence-electron chi connectivity index (χ4n) is 4.03. The number of rotatable bonds is 4. The van der Waals surface area contributed by atoms with Gasteiger partial charge in [0.1, 0.15) is 35.3 Å². The van der Waals surface area contributed by atoms with E-state index >= 15 is 0 Å². The van der Waals surface area contributed by atoms with Crippen LogP contribution in [0.5, 0.6) is 5.75 Å². The van der Waals surface area contributed by atoms with E-state index in [0.717, 1.165) is 0 Å². The molecule has 0 saturated heterocycles. The highest BCUT2D eigenvalue weighted by Gasteiger charge is 2.43. The standard InChI is InChI=1S/C26H23F3N4O6/c1-25(2,3)37-24(35)30-16-12-36-17-11-14(9-10-15(17)20(16)34)22-31-23(39-33-22)21-18(26(27,28)29)19(32-38-21)13-7-5-4-6-8-13/h4-11,16,20,34H,12H2,1-3H3,(H,30,35)/t16?,20-/m0/s1. The summed E-state index contributed by atoms with van der Waals surface area (Å²) in [4.78, 5) is 16.2.